The number of ether oxygens (including phenoxy) is 1. The topological polar surface area (TPSA) is 75.6 Å². The Balaban J connectivity index is 2.48. The molecular formula is C19H29NO4. The summed E-state index contributed by atoms with van der Waals surface area (Å²) >= 11 is 0. The van der Waals surface area contributed by atoms with Gasteiger partial charge in [-0.1, -0.05) is 29.3 Å². The van der Waals surface area contributed by atoms with Gasteiger partial charge in [0, 0.05) is 19.4 Å². The van der Waals surface area contributed by atoms with Gasteiger partial charge in [-0.15, -0.1) is 0 Å². The fraction of sp³-hybridized carbons (Fsp3) is 0.579. The number of carboxylic acids is 1. The van der Waals surface area contributed by atoms with Crippen LogP contribution in [0.5, 0.6) is 0 Å². The van der Waals surface area contributed by atoms with Crippen molar-refractivity contribution in [2.45, 2.75) is 65.5 Å². The summed E-state index contributed by atoms with van der Waals surface area (Å²) in [6.45, 7) is 10.1. The molecule has 0 saturated carbocycles. The molecule has 1 unspecified atom stereocenters. The van der Waals surface area contributed by atoms with Crippen molar-refractivity contribution in [1.29, 1.82) is 0 Å². The summed E-state index contributed by atoms with van der Waals surface area (Å²) < 4.78 is 5.53. The SMILES string of the molecule is Cc1cc(C)cc(CCC(=O)NC(CCOC(C)(C)C)C(=O)O)c1. The molecule has 0 radical (unpaired) electrons. The number of hydrogen-bond donors (Lipinski definition) is 2. The molecule has 0 saturated heterocycles. The summed E-state index contributed by atoms with van der Waals surface area (Å²) in [5, 5.41) is 11.8. The Hall–Kier alpha value is -1.88. The predicted octanol–water partition coefficient (Wildman–Crippen LogP) is 3.01. The van der Waals surface area contributed by atoms with E-state index in [1.54, 1.807) is 0 Å². The van der Waals surface area contributed by atoms with E-state index in [-0.39, 0.29) is 31.0 Å². The monoisotopic (exact) mass is 335 g/mol. The first kappa shape index (κ1) is 20.2. The third-order valence-electron chi connectivity index (χ3n) is 3.50. The molecule has 5 heteroatoms. The first-order valence-corrected chi connectivity index (χ1v) is 8.30. The van der Waals surface area contributed by atoms with Crippen LogP contribution in [0.4, 0.5) is 0 Å². The quantitative estimate of drug-likeness (QED) is 0.766. The second-order valence-electron chi connectivity index (χ2n) is 7.20. The highest BCUT2D eigenvalue weighted by Gasteiger charge is 2.21. The van der Waals surface area contributed by atoms with Gasteiger partial charge in [-0.25, -0.2) is 4.79 Å². The molecule has 0 spiro atoms. The fourth-order valence-electron chi connectivity index (χ4n) is 2.48. The van der Waals surface area contributed by atoms with E-state index in [0.717, 1.165) is 16.7 Å². The Bertz CT molecular complexity index is 555. The van der Waals surface area contributed by atoms with Crippen LogP contribution in [0.3, 0.4) is 0 Å². The van der Waals surface area contributed by atoms with Gasteiger partial charge < -0.3 is 15.2 Å². The Kier molecular flexibility index (Phi) is 7.42. The largest absolute Gasteiger partial charge is 0.480 e. The highest BCUT2D eigenvalue weighted by atomic mass is 16.5. The van der Waals surface area contributed by atoms with Gasteiger partial charge in [0.15, 0.2) is 0 Å². The standard InChI is InChI=1S/C19H29NO4/c1-13-10-14(2)12-15(11-13)6-7-17(21)20-16(18(22)23)8-9-24-19(3,4)5/h10-12,16H,6-9H2,1-5H3,(H,20,21)(H,22,23). The number of carbonyl (C=O) groups excluding carboxylic acids is 1. The molecule has 0 aliphatic carbocycles. The van der Waals surface area contributed by atoms with Crippen LogP contribution in [0.1, 0.15) is 50.3 Å². The Morgan fingerprint density at radius 3 is 2.25 bits per heavy atom. The van der Waals surface area contributed by atoms with Gasteiger partial charge in [0.05, 0.1) is 5.60 Å². The van der Waals surface area contributed by atoms with E-state index in [2.05, 4.69) is 11.4 Å². The number of carbonyl (C=O) groups is 2. The van der Waals surface area contributed by atoms with Gasteiger partial charge in [0.1, 0.15) is 6.04 Å². The lowest BCUT2D eigenvalue weighted by Crippen LogP contribution is -2.42. The van der Waals surface area contributed by atoms with Gasteiger partial charge in [-0.2, -0.15) is 0 Å². The van der Waals surface area contributed by atoms with E-state index < -0.39 is 12.0 Å². The number of benzene rings is 1. The van der Waals surface area contributed by atoms with Crippen LogP contribution in [0.25, 0.3) is 0 Å². The maximum absolute atomic E-state index is 12.0. The van der Waals surface area contributed by atoms with E-state index in [1.807, 2.05) is 46.8 Å². The molecule has 1 aromatic rings. The zero-order valence-corrected chi connectivity index (χ0v) is 15.3. The second kappa shape index (κ2) is 8.83. The van der Waals surface area contributed by atoms with Crippen LogP contribution < -0.4 is 5.32 Å². The summed E-state index contributed by atoms with van der Waals surface area (Å²) in [5.41, 5.74) is 3.09. The van der Waals surface area contributed by atoms with Crippen molar-refractivity contribution in [1.82, 2.24) is 5.32 Å². The Labute approximate surface area is 144 Å². The van der Waals surface area contributed by atoms with Crippen molar-refractivity contribution in [3.8, 4) is 0 Å². The average molecular weight is 335 g/mol. The molecule has 0 bridgehead atoms. The molecule has 1 atom stereocenters. The maximum atomic E-state index is 12.0. The molecular weight excluding hydrogens is 306 g/mol. The van der Waals surface area contributed by atoms with Gasteiger partial charge in [-0.3, -0.25) is 4.79 Å². The minimum Gasteiger partial charge on any atom is -0.480 e. The van der Waals surface area contributed by atoms with Crippen LogP contribution in [0.15, 0.2) is 18.2 Å². The number of aryl methyl sites for hydroxylation is 3. The lowest BCUT2D eigenvalue weighted by Gasteiger charge is -2.21. The predicted molar refractivity (Wildman–Crippen MR) is 94.1 cm³/mol. The Morgan fingerprint density at radius 1 is 1.17 bits per heavy atom. The van der Waals surface area contributed by atoms with E-state index in [0.29, 0.717) is 6.42 Å². The molecule has 0 fully saturated rings. The number of rotatable bonds is 8. The van der Waals surface area contributed by atoms with Crippen LogP contribution in [0, 0.1) is 13.8 Å². The van der Waals surface area contributed by atoms with Crippen molar-refractivity contribution in [2.24, 2.45) is 0 Å². The molecule has 0 aromatic heterocycles. The van der Waals surface area contributed by atoms with Gasteiger partial charge in [-0.05, 0) is 46.6 Å². The molecule has 1 amide bonds. The zero-order chi connectivity index (χ0) is 18.3. The molecule has 5 nitrogen and oxygen atoms in total. The normalized spacial score (nSPS) is 12.7. The summed E-state index contributed by atoms with van der Waals surface area (Å²) in [5.74, 6) is -1.29. The summed E-state index contributed by atoms with van der Waals surface area (Å²) in [6.07, 6.45) is 1.12. The van der Waals surface area contributed by atoms with Crippen LogP contribution in [0.2, 0.25) is 0 Å². The molecule has 1 rings (SSSR count). The van der Waals surface area contributed by atoms with Gasteiger partial charge in [0.25, 0.3) is 0 Å². The minimum absolute atomic E-state index is 0.252. The molecule has 134 valence electrons. The molecule has 24 heavy (non-hydrogen) atoms. The van der Waals surface area contributed by atoms with Crippen LogP contribution in [-0.4, -0.2) is 35.2 Å². The second-order valence-corrected chi connectivity index (χ2v) is 7.20. The number of nitrogens with one attached hydrogen (secondary N) is 1. The van der Waals surface area contributed by atoms with Crippen LogP contribution in [-0.2, 0) is 20.7 Å². The summed E-state index contributed by atoms with van der Waals surface area (Å²) in [6, 6.07) is 5.26. The van der Waals surface area contributed by atoms with E-state index in [1.165, 1.54) is 0 Å². The number of amides is 1. The van der Waals surface area contributed by atoms with Gasteiger partial charge in [0.2, 0.25) is 5.91 Å². The van der Waals surface area contributed by atoms with Crippen molar-refractivity contribution in [2.75, 3.05) is 6.61 Å². The Morgan fingerprint density at radius 2 is 1.75 bits per heavy atom. The minimum atomic E-state index is -1.03. The third-order valence-corrected chi connectivity index (χ3v) is 3.50. The van der Waals surface area contributed by atoms with E-state index >= 15 is 0 Å². The van der Waals surface area contributed by atoms with E-state index in [4.69, 9.17) is 4.74 Å². The van der Waals surface area contributed by atoms with Crippen molar-refractivity contribution < 1.29 is 19.4 Å². The number of hydrogen-bond acceptors (Lipinski definition) is 3. The average Bonchev–Trinajstić information content (AvgIpc) is 2.41. The third kappa shape index (κ3) is 8.11. The van der Waals surface area contributed by atoms with E-state index in [9.17, 15) is 14.7 Å². The number of aliphatic carboxylic acids is 1. The smallest absolute Gasteiger partial charge is 0.326 e. The maximum Gasteiger partial charge on any atom is 0.326 e. The summed E-state index contributed by atoms with van der Waals surface area (Å²) in [7, 11) is 0. The summed E-state index contributed by atoms with van der Waals surface area (Å²) in [4.78, 5) is 23.3. The van der Waals surface area contributed by atoms with Gasteiger partial charge >= 0.3 is 5.97 Å². The highest BCUT2D eigenvalue weighted by molar-refractivity contribution is 5.83. The molecule has 0 aliphatic rings. The van der Waals surface area contributed by atoms with Crippen LogP contribution >= 0.6 is 0 Å². The lowest BCUT2D eigenvalue weighted by atomic mass is 10.0. The first-order valence-electron chi connectivity index (χ1n) is 8.30. The lowest BCUT2D eigenvalue weighted by molar-refractivity contribution is -0.142. The molecule has 0 aliphatic heterocycles. The zero-order valence-electron chi connectivity index (χ0n) is 15.3. The highest BCUT2D eigenvalue weighted by Crippen LogP contribution is 2.11. The first-order chi connectivity index (χ1) is 11.1. The van der Waals surface area contributed by atoms with Crippen molar-refractivity contribution in [3.63, 3.8) is 0 Å². The molecule has 0 heterocycles. The fourth-order valence-corrected chi connectivity index (χ4v) is 2.48. The molecule has 1 aromatic carbocycles. The number of carboxylic acid groups (broad SMARTS) is 1. The molecule has 2 N–H and O–H groups in total. The van der Waals surface area contributed by atoms with Crippen molar-refractivity contribution >= 4 is 11.9 Å². The van der Waals surface area contributed by atoms with Crippen molar-refractivity contribution in [3.05, 3.63) is 34.9 Å².